The van der Waals surface area contributed by atoms with Gasteiger partial charge >= 0.3 is 0 Å². The molecule has 45 heavy (non-hydrogen) atoms. The third kappa shape index (κ3) is 10.3. The van der Waals surface area contributed by atoms with Gasteiger partial charge in [-0.15, -0.1) is 0 Å². The van der Waals surface area contributed by atoms with Crippen molar-refractivity contribution in [3.05, 3.63) is 181 Å². The van der Waals surface area contributed by atoms with Crippen molar-refractivity contribution in [3.8, 4) is 0 Å². The zero-order chi connectivity index (χ0) is 32.2. The predicted octanol–water partition coefficient (Wildman–Crippen LogP) is 14.3. The highest BCUT2D eigenvalue weighted by Crippen LogP contribution is 2.42. The fourth-order valence-electron chi connectivity index (χ4n) is 4.34. The lowest BCUT2D eigenvalue weighted by Gasteiger charge is -2.27. The quantitative estimate of drug-likeness (QED) is 0.177. The van der Waals surface area contributed by atoms with Crippen molar-refractivity contribution in [2.45, 2.75) is 13.8 Å². The van der Waals surface area contributed by atoms with E-state index in [1.807, 2.05) is 135 Å². The number of aryl methyl sites for hydroxylation is 2. The molecule has 0 fully saturated rings. The van der Waals surface area contributed by atoms with Crippen LogP contribution in [0.15, 0.2) is 150 Å². The Morgan fingerprint density at radius 1 is 0.489 bits per heavy atom. The van der Waals surface area contributed by atoms with Crippen LogP contribution in [-0.4, -0.2) is 0 Å². The minimum Gasteiger partial charge on any atom is -0.356 e. The van der Waals surface area contributed by atoms with Crippen molar-refractivity contribution in [3.63, 3.8) is 0 Å². The molecule has 0 bridgehead atoms. The van der Waals surface area contributed by atoms with E-state index in [4.69, 9.17) is 46.4 Å². The van der Waals surface area contributed by atoms with E-state index in [9.17, 15) is 0 Å². The molecular formula is C38H31BrCl4N2. The van der Waals surface area contributed by atoms with Crippen LogP contribution in [0.4, 0.5) is 28.4 Å². The molecule has 6 aromatic carbocycles. The van der Waals surface area contributed by atoms with Crippen LogP contribution < -0.4 is 10.2 Å². The molecule has 6 rings (SSSR count). The summed E-state index contributed by atoms with van der Waals surface area (Å²) < 4.78 is 0.846. The molecule has 1 N–H and O–H groups in total. The first-order chi connectivity index (χ1) is 21.7. The summed E-state index contributed by atoms with van der Waals surface area (Å²) in [5.74, 6) is 0. The maximum atomic E-state index is 6.49. The van der Waals surface area contributed by atoms with Crippen molar-refractivity contribution >= 4 is 90.8 Å². The van der Waals surface area contributed by atoms with E-state index in [2.05, 4.69) is 50.4 Å². The molecule has 0 atom stereocenters. The Bertz CT molecular complexity index is 1690. The molecule has 0 radical (unpaired) electrons. The second-order valence-electron chi connectivity index (χ2n) is 9.99. The smallest absolute Gasteiger partial charge is 0.0832 e. The lowest BCUT2D eigenvalue weighted by atomic mass is 10.1. The highest BCUT2D eigenvalue weighted by atomic mass is 79.9. The van der Waals surface area contributed by atoms with E-state index in [0.717, 1.165) is 44.0 Å². The Morgan fingerprint density at radius 2 is 0.867 bits per heavy atom. The van der Waals surface area contributed by atoms with Crippen LogP contribution >= 0.6 is 62.3 Å². The van der Waals surface area contributed by atoms with Crippen LogP contribution in [0.5, 0.6) is 0 Å². The average molecular weight is 737 g/mol. The van der Waals surface area contributed by atoms with E-state index < -0.39 is 0 Å². The van der Waals surface area contributed by atoms with Gasteiger partial charge in [-0.3, -0.25) is 0 Å². The summed E-state index contributed by atoms with van der Waals surface area (Å²) in [4.78, 5) is 2.11. The number of benzene rings is 6. The number of rotatable bonds is 5. The number of hydrogen-bond donors (Lipinski definition) is 1. The van der Waals surface area contributed by atoms with E-state index >= 15 is 0 Å². The molecular weight excluding hydrogens is 706 g/mol. The number of nitrogens with one attached hydrogen (secondary N) is 1. The molecule has 0 aromatic heterocycles. The number of halogens is 5. The molecule has 6 aromatic rings. The predicted molar refractivity (Wildman–Crippen MR) is 201 cm³/mol. The van der Waals surface area contributed by atoms with Gasteiger partial charge in [-0.1, -0.05) is 119 Å². The molecule has 0 aliphatic carbocycles. The molecule has 0 spiro atoms. The van der Waals surface area contributed by atoms with Crippen molar-refractivity contribution in [1.82, 2.24) is 0 Å². The van der Waals surface area contributed by atoms with E-state index in [-0.39, 0.29) is 0 Å². The molecule has 0 heterocycles. The third-order valence-corrected chi connectivity index (χ3v) is 8.84. The lowest BCUT2D eigenvalue weighted by Crippen LogP contribution is -2.10. The van der Waals surface area contributed by atoms with Crippen LogP contribution in [0, 0.1) is 13.8 Å². The van der Waals surface area contributed by atoms with Gasteiger partial charge in [-0.2, -0.15) is 0 Å². The van der Waals surface area contributed by atoms with E-state index in [1.54, 1.807) is 0 Å². The Morgan fingerprint density at radius 3 is 1.29 bits per heavy atom. The third-order valence-electron chi connectivity index (χ3n) is 6.39. The van der Waals surface area contributed by atoms with Gasteiger partial charge in [-0.05, 0) is 114 Å². The van der Waals surface area contributed by atoms with Gasteiger partial charge in [0.25, 0.3) is 0 Å². The second-order valence-corrected chi connectivity index (χ2v) is 12.4. The van der Waals surface area contributed by atoms with Crippen LogP contribution in [0.25, 0.3) is 0 Å². The Labute approximate surface area is 294 Å². The zero-order valence-electron chi connectivity index (χ0n) is 24.7. The number of hydrogen-bond acceptors (Lipinski definition) is 2. The lowest BCUT2D eigenvalue weighted by molar-refractivity contribution is 1.27. The van der Waals surface area contributed by atoms with Gasteiger partial charge < -0.3 is 10.2 Å². The molecule has 2 nitrogen and oxygen atoms in total. The maximum Gasteiger partial charge on any atom is 0.0832 e. The average Bonchev–Trinajstić information content (AvgIpc) is 3.05. The van der Waals surface area contributed by atoms with Gasteiger partial charge in [0.1, 0.15) is 0 Å². The molecule has 0 unspecified atom stereocenters. The molecule has 228 valence electrons. The fraction of sp³-hybridized carbons (Fsp3) is 0.0526. The first-order valence-electron chi connectivity index (χ1n) is 14.1. The van der Waals surface area contributed by atoms with Crippen molar-refractivity contribution in [2.24, 2.45) is 0 Å². The van der Waals surface area contributed by atoms with Gasteiger partial charge in [0.15, 0.2) is 0 Å². The van der Waals surface area contributed by atoms with Crippen LogP contribution in [0.1, 0.15) is 11.1 Å². The summed E-state index contributed by atoms with van der Waals surface area (Å²) in [6.45, 7) is 3.98. The molecule has 0 aliphatic heterocycles. The molecule has 7 heteroatoms. The zero-order valence-corrected chi connectivity index (χ0v) is 29.3. The van der Waals surface area contributed by atoms with Crippen LogP contribution in [0.2, 0.25) is 20.1 Å². The molecule has 0 saturated heterocycles. The summed E-state index contributed by atoms with van der Waals surface area (Å²) in [7, 11) is 0. The summed E-state index contributed by atoms with van der Waals surface area (Å²) in [5.41, 5.74) is 7.36. The number of anilines is 5. The van der Waals surface area contributed by atoms with E-state index in [1.165, 1.54) is 0 Å². The summed E-state index contributed by atoms with van der Waals surface area (Å²) in [6.07, 6.45) is 0. The monoisotopic (exact) mass is 734 g/mol. The Balaban J connectivity index is 0.000000170. The normalized spacial score (nSPS) is 10.1. The first-order valence-corrected chi connectivity index (χ1v) is 16.4. The van der Waals surface area contributed by atoms with Crippen molar-refractivity contribution in [1.29, 1.82) is 0 Å². The SMILES string of the molecule is Cc1cc(Cl)c(Cl)c(Br)c1.Cc1cc(Cl)c(Cl)c(N(c2ccccc2)c2ccccc2)c1.c1ccc(Nc2ccccc2)cc1. The molecule has 0 saturated carbocycles. The van der Waals surface area contributed by atoms with Gasteiger partial charge in [0, 0.05) is 27.2 Å². The Kier molecular flexibility index (Phi) is 13.2. The van der Waals surface area contributed by atoms with Gasteiger partial charge in [0.05, 0.1) is 25.8 Å². The van der Waals surface area contributed by atoms with Gasteiger partial charge in [-0.25, -0.2) is 0 Å². The van der Waals surface area contributed by atoms with E-state index in [0.29, 0.717) is 20.1 Å². The van der Waals surface area contributed by atoms with Crippen molar-refractivity contribution < 1.29 is 0 Å². The molecule has 0 aliphatic rings. The minimum atomic E-state index is 0.556. The largest absolute Gasteiger partial charge is 0.356 e. The second kappa shape index (κ2) is 17.3. The topological polar surface area (TPSA) is 15.3 Å². The maximum absolute atomic E-state index is 6.49. The Hall–Kier alpha value is -3.44. The highest BCUT2D eigenvalue weighted by Gasteiger charge is 2.17. The summed E-state index contributed by atoms with van der Waals surface area (Å²) in [6, 6.07) is 48.2. The number of nitrogens with zero attached hydrogens (tertiary/aromatic N) is 1. The van der Waals surface area contributed by atoms with Gasteiger partial charge in [0.2, 0.25) is 0 Å². The fourth-order valence-corrected chi connectivity index (χ4v) is 5.88. The molecule has 0 amide bonds. The highest BCUT2D eigenvalue weighted by molar-refractivity contribution is 9.10. The standard InChI is InChI=1S/C19H15Cl2N.C12H11N.C7H5BrCl2/c1-14-12-17(20)19(21)18(13-14)22(15-8-4-2-5-9-15)16-10-6-3-7-11-16;1-3-7-11(8-4-1)13-12-9-5-2-6-10-12;1-4-2-5(8)7(10)6(9)3-4/h2-13H,1H3;1-10,13H;2-3H,1H3. The van der Waals surface area contributed by atoms with Crippen LogP contribution in [0.3, 0.4) is 0 Å². The number of para-hydroxylation sites is 4. The summed E-state index contributed by atoms with van der Waals surface area (Å²) >= 11 is 27.6. The van der Waals surface area contributed by atoms with Crippen LogP contribution in [-0.2, 0) is 0 Å². The van der Waals surface area contributed by atoms with Crippen molar-refractivity contribution in [2.75, 3.05) is 10.2 Å². The summed E-state index contributed by atoms with van der Waals surface area (Å²) in [5, 5.41) is 5.59. The first kappa shape index (κ1) is 34.4. The minimum absolute atomic E-state index is 0.556.